The highest BCUT2D eigenvalue weighted by Gasteiger charge is 2.32. The molecule has 1 aliphatic rings. The van der Waals surface area contributed by atoms with Crippen molar-refractivity contribution in [1.29, 1.82) is 0 Å². The number of methoxy groups -OCH3 is 1. The number of nitrogens with one attached hydrogen (secondary N) is 1. The van der Waals surface area contributed by atoms with Gasteiger partial charge in [0.05, 0.1) is 13.7 Å². The highest BCUT2D eigenvalue weighted by Crippen LogP contribution is 2.32. The lowest BCUT2D eigenvalue weighted by Gasteiger charge is -2.34. The van der Waals surface area contributed by atoms with E-state index < -0.39 is 6.04 Å². The summed E-state index contributed by atoms with van der Waals surface area (Å²) in [6, 6.07) is 24.2. The third-order valence-corrected chi connectivity index (χ3v) is 7.46. The first-order chi connectivity index (χ1) is 18.6. The standard InChI is InChI=1S/C30H30N6O2/c1-3-20-10-13-27-24(16-20)17-26(30(37)31-27)28(35-15-14-22-6-4-5-7-23(22)19-35)29-32-33-34-36(29)18-21-8-11-25(38-2)12-9-21/h4-13,16-17,28H,3,14-15,18-19H2,1-2H3,(H,31,37)/t28-/m1/s1. The van der Waals surface area contributed by atoms with Crippen LogP contribution in [0.4, 0.5) is 0 Å². The van der Waals surface area contributed by atoms with Crippen molar-refractivity contribution >= 4 is 10.9 Å². The number of tetrazole rings is 1. The topological polar surface area (TPSA) is 88.9 Å². The summed E-state index contributed by atoms with van der Waals surface area (Å²) in [6.07, 6.45) is 1.83. The fourth-order valence-electron chi connectivity index (χ4n) is 5.36. The first-order valence-electron chi connectivity index (χ1n) is 13.0. The highest BCUT2D eigenvalue weighted by atomic mass is 16.5. The maximum atomic E-state index is 13.6. The molecule has 0 saturated carbocycles. The summed E-state index contributed by atoms with van der Waals surface area (Å²) in [7, 11) is 1.65. The molecule has 3 heterocycles. The fourth-order valence-corrected chi connectivity index (χ4v) is 5.36. The van der Waals surface area contributed by atoms with Crippen molar-refractivity contribution in [3.05, 3.63) is 117 Å². The Bertz CT molecular complexity index is 1640. The van der Waals surface area contributed by atoms with Gasteiger partial charge in [0.15, 0.2) is 5.82 Å². The third kappa shape index (κ3) is 4.59. The van der Waals surface area contributed by atoms with Crippen LogP contribution < -0.4 is 10.3 Å². The van der Waals surface area contributed by atoms with Gasteiger partial charge in [0.1, 0.15) is 11.8 Å². The van der Waals surface area contributed by atoms with Crippen LogP contribution in [0, 0.1) is 0 Å². The number of aromatic amines is 1. The molecule has 0 amide bonds. The van der Waals surface area contributed by atoms with Gasteiger partial charge < -0.3 is 9.72 Å². The molecule has 0 aliphatic carbocycles. The lowest BCUT2D eigenvalue weighted by molar-refractivity contribution is 0.194. The number of hydrogen-bond acceptors (Lipinski definition) is 6. The monoisotopic (exact) mass is 506 g/mol. The van der Waals surface area contributed by atoms with E-state index >= 15 is 0 Å². The number of aryl methyl sites for hydroxylation is 1. The normalized spacial score (nSPS) is 14.4. The SMILES string of the molecule is CCc1ccc2[nH]c(=O)c([C@H](c3nnnn3Cc3ccc(OC)cc3)N3CCc4ccccc4C3)cc2c1. The second kappa shape index (κ2) is 10.2. The van der Waals surface area contributed by atoms with E-state index in [1.54, 1.807) is 11.8 Å². The van der Waals surface area contributed by atoms with Gasteiger partial charge in [-0.1, -0.05) is 49.4 Å². The van der Waals surface area contributed by atoms with Crippen LogP contribution in [-0.4, -0.2) is 43.7 Å². The van der Waals surface area contributed by atoms with Gasteiger partial charge in [0.2, 0.25) is 0 Å². The summed E-state index contributed by atoms with van der Waals surface area (Å²) in [5, 5.41) is 13.9. The van der Waals surface area contributed by atoms with Crippen molar-refractivity contribution in [3.63, 3.8) is 0 Å². The minimum atomic E-state index is -0.407. The molecule has 0 radical (unpaired) electrons. The van der Waals surface area contributed by atoms with E-state index in [0.29, 0.717) is 24.5 Å². The van der Waals surface area contributed by atoms with Gasteiger partial charge in [-0.2, -0.15) is 0 Å². The van der Waals surface area contributed by atoms with Gasteiger partial charge in [-0.05, 0) is 81.2 Å². The van der Waals surface area contributed by atoms with E-state index in [9.17, 15) is 4.79 Å². The average Bonchev–Trinajstić information content (AvgIpc) is 3.41. The predicted molar refractivity (Wildman–Crippen MR) is 146 cm³/mol. The van der Waals surface area contributed by atoms with Crippen LogP contribution in [0.25, 0.3) is 10.9 Å². The van der Waals surface area contributed by atoms with E-state index in [4.69, 9.17) is 4.74 Å². The number of H-pyrrole nitrogens is 1. The lowest BCUT2D eigenvalue weighted by atomic mass is 9.95. The molecule has 8 nitrogen and oxygen atoms in total. The summed E-state index contributed by atoms with van der Waals surface area (Å²) in [6.45, 7) is 4.13. The molecule has 3 aromatic carbocycles. The maximum Gasteiger partial charge on any atom is 0.253 e. The van der Waals surface area contributed by atoms with Gasteiger partial charge >= 0.3 is 0 Å². The van der Waals surface area contributed by atoms with Crippen LogP contribution in [-0.2, 0) is 25.9 Å². The number of rotatable bonds is 7. The molecule has 38 heavy (non-hydrogen) atoms. The van der Waals surface area contributed by atoms with Gasteiger partial charge in [-0.3, -0.25) is 9.69 Å². The molecule has 2 aromatic heterocycles. The minimum absolute atomic E-state index is 0.121. The smallest absolute Gasteiger partial charge is 0.253 e. The number of aromatic nitrogens is 5. The first kappa shape index (κ1) is 24.1. The molecule has 6 rings (SSSR count). The second-order valence-electron chi connectivity index (χ2n) is 9.76. The van der Waals surface area contributed by atoms with Crippen molar-refractivity contribution in [3.8, 4) is 5.75 Å². The van der Waals surface area contributed by atoms with E-state index in [1.165, 1.54) is 16.7 Å². The third-order valence-electron chi connectivity index (χ3n) is 7.46. The number of benzene rings is 3. The Hall–Kier alpha value is -4.30. The Morgan fingerprint density at radius 2 is 1.79 bits per heavy atom. The van der Waals surface area contributed by atoms with Gasteiger partial charge in [-0.15, -0.1) is 5.10 Å². The number of ether oxygens (including phenoxy) is 1. The quantitative estimate of drug-likeness (QED) is 0.354. The molecule has 0 fully saturated rings. The molecule has 0 saturated heterocycles. The summed E-state index contributed by atoms with van der Waals surface area (Å²) >= 11 is 0. The predicted octanol–water partition coefficient (Wildman–Crippen LogP) is 4.28. The Morgan fingerprint density at radius 1 is 1.00 bits per heavy atom. The Kier molecular flexibility index (Phi) is 6.47. The zero-order valence-electron chi connectivity index (χ0n) is 21.6. The van der Waals surface area contributed by atoms with Crippen molar-refractivity contribution in [2.24, 2.45) is 0 Å². The van der Waals surface area contributed by atoms with Crippen molar-refractivity contribution < 1.29 is 4.74 Å². The molecule has 5 aromatic rings. The van der Waals surface area contributed by atoms with Crippen LogP contribution in [0.2, 0.25) is 0 Å². The molecular weight excluding hydrogens is 476 g/mol. The van der Waals surface area contributed by atoms with E-state index in [2.05, 4.69) is 68.7 Å². The van der Waals surface area contributed by atoms with Crippen LogP contribution in [0.3, 0.4) is 0 Å². The van der Waals surface area contributed by atoms with Crippen LogP contribution >= 0.6 is 0 Å². The summed E-state index contributed by atoms with van der Waals surface area (Å²) in [5.41, 5.74) is 6.24. The van der Waals surface area contributed by atoms with Crippen LogP contribution in [0.5, 0.6) is 5.75 Å². The summed E-state index contributed by atoms with van der Waals surface area (Å²) in [5.74, 6) is 1.45. The fraction of sp³-hybridized carbons (Fsp3) is 0.267. The van der Waals surface area contributed by atoms with E-state index in [0.717, 1.165) is 41.6 Å². The Balaban J connectivity index is 1.46. The second-order valence-corrected chi connectivity index (χ2v) is 9.76. The zero-order valence-corrected chi connectivity index (χ0v) is 21.6. The van der Waals surface area contributed by atoms with E-state index in [1.807, 2.05) is 36.4 Å². The Morgan fingerprint density at radius 3 is 2.58 bits per heavy atom. The molecule has 1 N–H and O–H groups in total. The average molecular weight is 507 g/mol. The van der Waals surface area contributed by atoms with E-state index in [-0.39, 0.29) is 5.56 Å². The number of pyridine rings is 1. The maximum absolute atomic E-state index is 13.6. The largest absolute Gasteiger partial charge is 0.497 e. The molecule has 0 spiro atoms. The number of hydrogen-bond donors (Lipinski definition) is 1. The van der Waals surface area contributed by atoms with Crippen LogP contribution in [0.1, 0.15) is 46.6 Å². The Labute approximate surface area is 220 Å². The molecule has 192 valence electrons. The molecular formula is C30H30N6O2. The van der Waals surface area contributed by atoms with Crippen molar-refractivity contribution in [1.82, 2.24) is 30.1 Å². The number of nitrogens with zero attached hydrogens (tertiary/aromatic N) is 5. The molecule has 0 bridgehead atoms. The van der Waals surface area contributed by atoms with Crippen molar-refractivity contribution in [2.45, 2.75) is 38.9 Å². The lowest BCUT2D eigenvalue weighted by Crippen LogP contribution is -2.38. The molecule has 1 atom stereocenters. The first-order valence-corrected chi connectivity index (χ1v) is 13.0. The molecule has 1 aliphatic heterocycles. The van der Waals surface area contributed by atoms with Gasteiger partial charge in [-0.25, -0.2) is 4.68 Å². The summed E-state index contributed by atoms with van der Waals surface area (Å²) < 4.78 is 7.11. The zero-order chi connectivity index (χ0) is 26.1. The number of fused-ring (bicyclic) bond motifs is 2. The van der Waals surface area contributed by atoms with Gasteiger partial charge in [0.25, 0.3) is 5.56 Å². The van der Waals surface area contributed by atoms with Crippen molar-refractivity contribution in [2.75, 3.05) is 13.7 Å². The molecule has 8 heteroatoms. The van der Waals surface area contributed by atoms with Crippen LogP contribution in [0.15, 0.2) is 77.6 Å². The minimum Gasteiger partial charge on any atom is -0.497 e. The summed E-state index contributed by atoms with van der Waals surface area (Å²) in [4.78, 5) is 19.0. The highest BCUT2D eigenvalue weighted by molar-refractivity contribution is 5.80. The molecule has 0 unspecified atom stereocenters. The van der Waals surface area contributed by atoms with Gasteiger partial charge in [0, 0.05) is 24.2 Å².